The number of hydrazine groups is 1. The van der Waals surface area contributed by atoms with Crippen LogP contribution in [0.4, 0.5) is 0 Å². The van der Waals surface area contributed by atoms with E-state index in [4.69, 9.17) is 0 Å². The molecule has 0 aliphatic rings. The number of nitrogens with one attached hydrogen (secondary N) is 3. The average molecular weight is 382 g/mol. The molecule has 2 amide bonds. The molecule has 0 unspecified atom stereocenters. The highest BCUT2D eigenvalue weighted by Gasteiger charge is 2.14. The van der Waals surface area contributed by atoms with Gasteiger partial charge in [0, 0.05) is 11.1 Å². The molecule has 3 N–H and O–H groups in total. The van der Waals surface area contributed by atoms with Crippen LogP contribution in [0, 0.1) is 6.92 Å². The van der Waals surface area contributed by atoms with Crippen molar-refractivity contribution in [3.63, 3.8) is 0 Å². The molecule has 0 aliphatic heterocycles. The van der Waals surface area contributed by atoms with E-state index in [1.165, 1.54) is 17.3 Å². The van der Waals surface area contributed by atoms with Gasteiger partial charge in [0.2, 0.25) is 5.91 Å². The SMILES string of the molecule is Cc1ccc(CSCC(=O)NNC(=O)c2n[nH]c(=O)c3ccccc23)cc1. The Labute approximate surface area is 159 Å². The highest BCUT2D eigenvalue weighted by Crippen LogP contribution is 2.13. The van der Waals surface area contributed by atoms with Gasteiger partial charge in [0.1, 0.15) is 0 Å². The zero-order valence-corrected chi connectivity index (χ0v) is 15.4. The van der Waals surface area contributed by atoms with Gasteiger partial charge in [0.15, 0.2) is 5.69 Å². The summed E-state index contributed by atoms with van der Waals surface area (Å²) in [6.45, 7) is 2.02. The van der Waals surface area contributed by atoms with Gasteiger partial charge in [-0.25, -0.2) is 5.10 Å². The fourth-order valence-electron chi connectivity index (χ4n) is 2.46. The summed E-state index contributed by atoms with van der Waals surface area (Å²) in [6, 6.07) is 14.7. The monoisotopic (exact) mass is 382 g/mol. The van der Waals surface area contributed by atoms with Gasteiger partial charge in [-0.2, -0.15) is 5.10 Å². The minimum Gasteiger partial charge on any atom is -0.272 e. The van der Waals surface area contributed by atoms with Crippen LogP contribution in [0.15, 0.2) is 53.3 Å². The fourth-order valence-corrected chi connectivity index (χ4v) is 3.24. The van der Waals surface area contributed by atoms with E-state index >= 15 is 0 Å². The molecule has 27 heavy (non-hydrogen) atoms. The van der Waals surface area contributed by atoms with E-state index in [-0.39, 0.29) is 22.9 Å². The molecule has 0 saturated carbocycles. The Morgan fingerprint density at radius 3 is 2.48 bits per heavy atom. The van der Waals surface area contributed by atoms with E-state index in [9.17, 15) is 14.4 Å². The summed E-state index contributed by atoms with van der Waals surface area (Å²) in [5.74, 6) is -0.0182. The third-order valence-electron chi connectivity index (χ3n) is 3.85. The zero-order valence-electron chi connectivity index (χ0n) is 14.6. The summed E-state index contributed by atoms with van der Waals surface area (Å²) in [7, 11) is 0. The number of amides is 2. The van der Waals surface area contributed by atoms with E-state index < -0.39 is 5.91 Å². The Hall–Kier alpha value is -3.13. The largest absolute Gasteiger partial charge is 0.290 e. The molecule has 1 aromatic heterocycles. The number of thioether (sulfide) groups is 1. The number of benzene rings is 2. The van der Waals surface area contributed by atoms with E-state index in [2.05, 4.69) is 21.0 Å². The van der Waals surface area contributed by atoms with Crippen LogP contribution in [0.25, 0.3) is 10.8 Å². The Bertz CT molecular complexity index is 1030. The molecule has 3 aromatic rings. The molecule has 8 heteroatoms. The van der Waals surface area contributed by atoms with Crippen LogP contribution in [0.5, 0.6) is 0 Å². The smallest absolute Gasteiger partial charge is 0.272 e. The summed E-state index contributed by atoms with van der Waals surface area (Å²) in [5.41, 5.74) is 6.68. The Balaban J connectivity index is 1.53. The predicted molar refractivity (Wildman–Crippen MR) is 105 cm³/mol. The fraction of sp³-hybridized carbons (Fsp3) is 0.158. The van der Waals surface area contributed by atoms with Crippen LogP contribution in [-0.4, -0.2) is 27.8 Å². The summed E-state index contributed by atoms with van der Waals surface area (Å²) in [6.07, 6.45) is 0. The maximum atomic E-state index is 12.3. The molecule has 0 saturated heterocycles. The molecular formula is C19H18N4O3S. The second-order valence-corrected chi connectivity index (χ2v) is 6.91. The van der Waals surface area contributed by atoms with Crippen molar-refractivity contribution in [3.8, 4) is 0 Å². The third kappa shape index (κ3) is 4.73. The maximum Gasteiger partial charge on any atom is 0.290 e. The number of carbonyl (C=O) groups is 2. The van der Waals surface area contributed by atoms with Crippen LogP contribution in [0.2, 0.25) is 0 Å². The quantitative estimate of drug-likeness (QED) is 0.585. The first-order chi connectivity index (χ1) is 13.0. The van der Waals surface area contributed by atoms with Crippen molar-refractivity contribution < 1.29 is 9.59 Å². The van der Waals surface area contributed by atoms with E-state index in [1.807, 2.05) is 31.2 Å². The number of aromatic nitrogens is 2. The summed E-state index contributed by atoms with van der Waals surface area (Å²) in [5, 5.41) is 6.85. The third-order valence-corrected chi connectivity index (χ3v) is 4.85. The number of hydrogen-bond acceptors (Lipinski definition) is 5. The normalized spacial score (nSPS) is 10.6. The Morgan fingerprint density at radius 1 is 1.04 bits per heavy atom. The highest BCUT2D eigenvalue weighted by molar-refractivity contribution is 7.99. The van der Waals surface area contributed by atoms with Crippen molar-refractivity contribution in [2.45, 2.75) is 12.7 Å². The number of rotatable bonds is 5. The van der Waals surface area contributed by atoms with Gasteiger partial charge in [0.25, 0.3) is 11.5 Å². The molecule has 0 fully saturated rings. The van der Waals surface area contributed by atoms with Crippen molar-refractivity contribution in [2.24, 2.45) is 0 Å². The lowest BCUT2D eigenvalue weighted by molar-refractivity contribution is -0.119. The van der Waals surface area contributed by atoms with Gasteiger partial charge in [0.05, 0.1) is 11.1 Å². The molecule has 7 nitrogen and oxygen atoms in total. The van der Waals surface area contributed by atoms with Gasteiger partial charge in [-0.1, -0.05) is 48.0 Å². The van der Waals surface area contributed by atoms with Crippen LogP contribution in [0.3, 0.4) is 0 Å². The summed E-state index contributed by atoms with van der Waals surface area (Å²) in [4.78, 5) is 36.0. The molecule has 2 aromatic carbocycles. The molecule has 3 rings (SSSR count). The number of carbonyl (C=O) groups excluding carboxylic acids is 2. The number of aryl methyl sites for hydroxylation is 1. The molecule has 1 heterocycles. The lowest BCUT2D eigenvalue weighted by atomic mass is 10.1. The van der Waals surface area contributed by atoms with Crippen molar-refractivity contribution in [1.29, 1.82) is 0 Å². The Morgan fingerprint density at radius 2 is 1.74 bits per heavy atom. The van der Waals surface area contributed by atoms with Crippen molar-refractivity contribution in [3.05, 3.63) is 75.7 Å². The van der Waals surface area contributed by atoms with Crippen molar-refractivity contribution in [1.82, 2.24) is 21.0 Å². The zero-order chi connectivity index (χ0) is 19.2. The second-order valence-electron chi connectivity index (χ2n) is 5.93. The lowest BCUT2D eigenvalue weighted by Crippen LogP contribution is -2.43. The number of nitrogens with zero attached hydrogens (tertiary/aromatic N) is 1. The van der Waals surface area contributed by atoms with Crippen LogP contribution >= 0.6 is 11.8 Å². The maximum absolute atomic E-state index is 12.3. The van der Waals surface area contributed by atoms with E-state index in [0.29, 0.717) is 16.5 Å². The first-order valence-electron chi connectivity index (χ1n) is 8.24. The average Bonchev–Trinajstić information content (AvgIpc) is 2.68. The summed E-state index contributed by atoms with van der Waals surface area (Å²) < 4.78 is 0. The number of aromatic amines is 1. The molecule has 0 spiro atoms. The first-order valence-corrected chi connectivity index (χ1v) is 9.40. The van der Waals surface area contributed by atoms with Crippen molar-refractivity contribution in [2.75, 3.05) is 5.75 Å². The Kier molecular flexibility index (Phi) is 5.87. The van der Waals surface area contributed by atoms with Crippen LogP contribution in [0.1, 0.15) is 21.6 Å². The topological polar surface area (TPSA) is 104 Å². The van der Waals surface area contributed by atoms with Crippen LogP contribution in [-0.2, 0) is 10.5 Å². The standard InChI is InChI=1S/C19H18N4O3S/c1-12-6-8-13(9-7-12)10-27-11-16(24)20-23-19(26)17-14-4-2-3-5-15(14)18(25)22-21-17/h2-9H,10-11H2,1H3,(H,20,24)(H,22,25)(H,23,26). The van der Waals surface area contributed by atoms with Crippen LogP contribution < -0.4 is 16.4 Å². The lowest BCUT2D eigenvalue weighted by Gasteiger charge is -2.08. The minimum absolute atomic E-state index is 0.0396. The summed E-state index contributed by atoms with van der Waals surface area (Å²) >= 11 is 1.45. The molecule has 0 bridgehead atoms. The number of hydrogen-bond donors (Lipinski definition) is 3. The second kappa shape index (κ2) is 8.50. The van der Waals surface area contributed by atoms with E-state index in [1.54, 1.807) is 24.3 Å². The van der Waals surface area contributed by atoms with Gasteiger partial charge in [-0.3, -0.25) is 25.2 Å². The molecular weight excluding hydrogens is 364 g/mol. The minimum atomic E-state index is -0.598. The van der Waals surface area contributed by atoms with Gasteiger partial charge >= 0.3 is 0 Å². The number of fused-ring (bicyclic) bond motifs is 1. The highest BCUT2D eigenvalue weighted by atomic mass is 32.2. The predicted octanol–water partition coefficient (Wildman–Crippen LogP) is 1.93. The van der Waals surface area contributed by atoms with Gasteiger partial charge in [-0.15, -0.1) is 11.8 Å². The van der Waals surface area contributed by atoms with Gasteiger partial charge < -0.3 is 0 Å². The van der Waals surface area contributed by atoms with Crippen molar-refractivity contribution >= 4 is 34.3 Å². The molecule has 0 atom stereocenters. The van der Waals surface area contributed by atoms with E-state index in [0.717, 1.165) is 5.56 Å². The van der Waals surface area contributed by atoms with Gasteiger partial charge in [-0.05, 0) is 18.6 Å². The molecule has 138 valence electrons. The first kappa shape index (κ1) is 18.7. The molecule has 0 aliphatic carbocycles. The number of H-pyrrole nitrogens is 1. The molecule has 0 radical (unpaired) electrons.